The summed E-state index contributed by atoms with van der Waals surface area (Å²) >= 11 is 0. The Balaban J connectivity index is 0.000000218. The fourth-order valence-corrected chi connectivity index (χ4v) is 2.24. The van der Waals surface area contributed by atoms with E-state index in [2.05, 4.69) is 0 Å². The Morgan fingerprint density at radius 2 is 1.36 bits per heavy atom. The maximum atomic E-state index is 10.4. The Labute approximate surface area is 68.5 Å². The molecule has 11 heavy (non-hydrogen) atoms. The van der Waals surface area contributed by atoms with Gasteiger partial charge < -0.3 is 0 Å². The zero-order valence-corrected chi connectivity index (χ0v) is 8.03. The molecule has 0 aliphatic carbocycles. The van der Waals surface area contributed by atoms with Crippen molar-refractivity contribution in [3.8, 4) is 0 Å². The van der Waals surface area contributed by atoms with Gasteiger partial charge in [-0.05, 0) is 12.8 Å². The number of hydrogen-bond donors (Lipinski definition) is 1. The lowest BCUT2D eigenvalue weighted by atomic mass is 10.4. The minimum atomic E-state index is -2.55. The van der Waals surface area contributed by atoms with E-state index in [0.717, 1.165) is 19.1 Å². The summed E-state index contributed by atoms with van der Waals surface area (Å²) in [7, 11) is -4.67. The van der Waals surface area contributed by atoms with E-state index in [4.69, 9.17) is 8.42 Å². The van der Waals surface area contributed by atoms with E-state index < -0.39 is 20.5 Å². The van der Waals surface area contributed by atoms with Crippen LogP contribution in [0.15, 0.2) is 0 Å². The summed E-state index contributed by atoms with van der Waals surface area (Å²) in [5.41, 5.74) is 0. The fraction of sp³-hybridized carbons (Fsp3) is 1.00. The third kappa shape index (κ3) is 7.80. The molecule has 0 N–H and O–H groups in total. The van der Waals surface area contributed by atoms with Crippen molar-refractivity contribution in [2.45, 2.75) is 12.8 Å². The van der Waals surface area contributed by atoms with Crippen LogP contribution < -0.4 is 0 Å². The van der Waals surface area contributed by atoms with Gasteiger partial charge in [0, 0.05) is 6.26 Å². The third-order valence-electron chi connectivity index (χ3n) is 1.16. The molecule has 4 nitrogen and oxygen atoms in total. The highest BCUT2D eigenvalue weighted by atomic mass is 32.2. The predicted molar refractivity (Wildman–Crippen MR) is 44.1 cm³/mol. The second-order valence-electron chi connectivity index (χ2n) is 2.30. The van der Waals surface area contributed by atoms with Gasteiger partial charge in [-0.25, -0.2) is 16.8 Å². The number of rotatable bonds is 0. The molecule has 1 aliphatic rings. The molecule has 6 heteroatoms. The van der Waals surface area contributed by atoms with E-state index in [1.807, 2.05) is 0 Å². The van der Waals surface area contributed by atoms with Gasteiger partial charge in [0.1, 0.15) is 20.5 Å². The molecule has 0 aromatic carbocycles. The van der Waals surface area contributed by atoms with Crippen molar-refractivity contribution < 1.29 is 16.8 Å². The van der Waals surface area contributed by atoms with Crippen LogP contribution in [0.3, 0.4) is 0 Å². The lowest BCUT2D eigenvalue weighted by Gasteiger charge is -1.81. The highest BCUT2D eigenvalue weighted by Crippen LogP contribution is 2.08. The lowest BCUT2D eigenvalue weighted by molar-refractivity contribution is 0.602. The van der Waals surface area contributed by atoms with Crippen LogP contribution in [0.2, 0.25) is 0 Å². The van der Waals surface area contributed by atoms with Gasteiger partial charge in [0.15, 0.2) is 0 Å². The van der Waals surface area contributed by atoms with E-state index >= 15 is 0 Å². The van der Waals surface area contributed by atoms with Crippen LogP contribution in [-0.2, 0) is 20.5 Å². The van der Waals surface area contributed by atoms with E-state index in [0.29, 0.717) is 11.5 Å². The largest absolute Gasteiger partial charge is 0.232 e. The van der Waals surface area contributed by atoms with Crippen molar-refractivity contribution in [1.29, 1.82) is 0 Å². The van der Waals surface area contributed by atoms with Gasteiger partial charge in [0.25, 0.3) is 0 Å². The van der Waals surface area contributed by atoms with Crippen LogP contribution in [0.1, 0.15) is 12.8 Å². The zero-order valence-electron chi connectivity index (χ0n) is 6.32. The molecule has 0 aromatic rings. The Kier molecular flexibility index (Phi) is 4.67. The normalized spacial score (nSPS) is 20.9. The maximum Gasteiger partial charge on any atom is 0.150 e. The first-order valence-electron chi connectivity index (χ1n) is 3.22. The topological polar surface area (TPSA) is 68.3 Å². The fourth-order valence-electron chi connectivity index (χ4n) is 0.746. The predicted octanol–water partition coefficient (Wildman–Crippen LogP) is -0.577. The Morgan fingerprint density at radius 1 is 1.09 bits per heavy atom. The quantitative estimate of drug-likeness (QED) is 0.531. The van der Waals surface area contributed by atoms with Gasteiger partial charge in [-0.15, -0.1) is 0 Å². The number of hydrogen-bond acceptors (Lipinski definition) is 4. The van der Waals surface area contributed by atoms with Gasteiger partial charge in [-0.1, -0.05) is 0 Å². The Morgan fingerprint density at radius 3 is 1.45 bits per heavy atom. The summed E-state index contributed by atoms with van der Waals surface area (Å²) in [6.07, 6.45) is 2.88. The van der Waals surface area contributed by atoms with Crippen molar-refractivity contribution >= 4 is 20.5 Å². The van der Waals surface area contributed by atoms with E-state index in [9.17, 15) is 8.42 Å². The second kappa shape index (κ2) is 4.71. The average molecular weight is 200 g/mol. The van der Waals surface area contributed by atoms with Crippen LogP contribution >= 0.6 is 0 Å². The molecule has 1 aliphatic heterocycles. The molecule has 0 spiro atoms. The first-order chi connectivity index (χ1) is 4.94. The number of thiol groups is 1. The van der Waals surface area contributed by atoms with Crippen LogP contribution in [0.4, 0.5) is 0 Å². The molecule has 0 aromatic heterocycles. The standard InChI is InChI=1S/C4H8O2S.CH4O2S/c5-7(6)3-1-2-4-7;1-4(2)3/h1-4H2;4H,1H3. The van der Waals surface area contributed by atoms with Crippen LogP contribution in [0.5, 0.6) is 0 Å². The lowest BCUT2D eigenvalue weighted by Crippen LogP contribution is -1.98. The molecule has 0 bridgehead atoms. The third-order valence-corrected chi connectivity index (χ3v) is 2.98. The summed E-state index contributed by atoms with van der Waals surface area (Å²) < 4.78 is 38.9. The molecule has 0 radical (unpaired) electrons. The van der Waals surface area contributed by atoms with E-state index in [1.54, 1.807) is 0 Å². The maximum absolute atomic E-state index is 10.4. The SMILES string of the molecule is C[SH](=O)=O.O=S1(=O)CCCC1. The Hall–Kier alpha value is -0.100. The van der Waals surface area contributed by atoms with Gasteiger partial charge in [0.2, 0.25) is 0 Å². The molecule has 1 heterocycles. The molecule has 68 valence electrons. The van der Waals surface area contributed by atoms with Gasteiger partial charge in [-0.3, -0.25) is 0 Å². The molecule has 0 unspecified atom stereocenters. The summed E-state index contributed by atoms with van der Waals surface area (Å²) in [5.74, 6) is 0.847. The summed E-state index contributed by atoms with van der Waals surface area (Å²) in [5, 5.41) is 0. The smallest absolute Gasteiger partial charge is 0.150 e. The van der Waals surface area contributed by atoms with Crippen LogP contribution in [0, 0.1) is 0 Å². The van der Waals surface area contributed by atoms with Crippen molar-refractivity contribution in [2.24, 2.45) is 0 Å². The highest BCUT2D eigenvalue weighted by molar-refractivity contribution is 7.91. The van der Waals surface area contributed by atoms with Crippen LogP contribution in [0.25, 0.3) is 0 Å². The van der Waals surface area contributed by atoms with Crippen molar-refractivity contribution in [2.75, 3.05) is 17.8 Å². The molecular weight excluding hydrogens is 188 g/mol. The first-order valence-corrected chi connectivity index (χ1v) is 6.67. The average Bonchev–Trinajstić information content (AvgIpc) is 2.11. The Bertz CT molecular complexity index is 242. The molecule has 1 rings (SSSR count). The minimum Gasteiger partial charge on any atom is -0.232 e. The molecule has 1 fully saturated rings. The molecule has 1 saturated heterocycles. The van der Waals surface area contributed by atoms with Crippen LogP contribution in [-0.4, -0.2) is 34.6 Å². The number of sulfone groups is 1. The summed E-state index contributed by atoms with van der Waals surface area (Å²) in [4.78, 5) is 0. The summed E-state index contributed by atoms with van der Waals surface area (Å²) in [6.45, 7) is 0. The molecule has 0 amide bonds. The van der Waals surface area contributed by atoms with E-state index in [1.165, 1.54) is 0 Å². The second-order valence-corrected chi connectivity index (χ2v) is 5.48. The van der Waals surface area contributed by atoms with Gasteiger partial charge in [-0.2, -0.15) is 0 Å². The first kappa shape index (κ1) is 10.9. The van der Waals surface area contributed by atoms with Gasteiger partial charge in [0.05, 0.1) is 11.5 Å². The van der Waals surface area contributed by atoms with Crippen molar-refractivity contribution in [1.82, 2.24) is 0 Å². The summed E-state index contributed by atoms with van der Waals surface area (Å²) in [6, 6.07) is 0. The monoisotopic (exact) mass is 200 g/mol. The molecular formula is C5H12O4S2. The molecule has 0 atom stereocenters. The van der Waals surface area contributed by atoms with Crippen molar-refractivity contribution in [3.63, 3.8) is 0 Å². The molecule has 0 saturated carbocycles. The van der Waals surface area contributed by atoms with Crippen molar-refractivity contribution in [3.05, 3.63) is 0 Å². The van der Waals surface area contributed by atoms with Gasteiger partial charge >= 0.3 is 0 Å². The minimum absolute atomic E-state index is 0.424. The van der Waals surface area contributed by atoms with E-state index in [-0.39, 0.29) is 0 Å². The zero-order chi connectivity index (χ0) is 8.91. The highest BCUT2D eigenvalue weighted by Gasteiger charge is 2.16.